The average molecular weight is 435 g/mol. The van der Waals surface area contributed by atoms with Crippen molar-refractivity contribution in [1.29, 1.82) is 0 Å². The quantitative estimate of drug-likeness (QED) is 0.537. The third-order valence-electron chi connectivity index (χ3n) is 7.25. The number of benzene rings is 2. The summed E-state index contributed by atoms with van der Waals surface area (Å²) in [6.45, 7) is 6.41. The van der Waals surface area contributed by atoms with Crippen LogP contribution < -0.4 is 20.1 Å². The molecule has 5 nitrogen and oxygen atoms in total. The third-order valence-corrected chi connectivity index (χ3v) is 7.25. The Balaban J connectivity index is 1.48. The van der Waals surface area contributed by atoms with Crippen LogP contribution in [-0.4, -0.2) is 43.2 Å². The number of fused-ring (bicyclic) bond motifs is 3. The number of nitrogens with one attached hydrogen (secondary N) is 2. The summed E-state index contributed by atoms with van der Waals surface area (Å²) in [4.78, 5) is 13.5. The van der Waals surface area contributed by atoms with Gasteiger partial charge in [-0.1, -0.05) is 38.1 Å². The first-order valence-electron chi connectivity index (χ1n) is 12.3. The van der Waals surface area contributed by atoms with Crippen molar-refractivity contribution in [2.24, 2.45) is 0 Å². The molecule has 2 heterocycles. The van der Waals surface area contributed by atoms with Crippen molar-refractivity contribution in [1.82, 2.24) is 10.6 Å². The molecule has 4 unspecified atom stereocenters. The number of ketones is 1. The molecular weight excluding hydrogens is 400 g/mol. The van der Waals surface area contributed by atoms with E-state index in [0.29, 0.717) is 23.4 Å². The number of ether oxygens (including phenoxy) is 2. The fraction of sp³-hybridized carbons (Fsp3) is 0.519. The summed E-state index contributed by atoms with van der Waals surface area (Å²) in [6, 6.07) is 12.5. The normalized spacial score (nSPS) is 23.6. The molecule has 2 aromatic rings. The molecule has 0 radical (unpaired) electrons. The topological polar surface area (TPSA) is 59.6 Å². The summed E-state index contributed by atoms with van der Waals surface area (Å²) in [5.41, 5.74) is 3.25. The van der Waals surface area contributed by atoms with Crippen LogP contribution in [0.1, 0.15) is 68.3 Å². The van der Waals surface area contributed by atoms with Crippen molar-refractivity contribution in [3.8, 4) is 22.6 Å². The molecule has 0 amide bonds. The van der Waals surface area contributed by atoms with Gasteiger partial charge in [0.25, 0.3) is 0 Å². The van der Waals surface area contributed by atoms with Gasteiger partial charge in [-0.25, -0.2) is 0 Å². The zero-order valence-electron chi connectivity index (χ0n) is 19.2. The minimum atomic E-state index is 0.0392. The average Bonchev–Trinajstić information content (AvgIpc) is 3.58. The van der Waals surface area contributed by atoms with Gasteiger partial charge in [0.15, 0.2) is 5.78 Å². The molecule has 170 valence electrons. The Morgan fingerprint density at radius 2 is 1.34 bits per heavy atom. The van der Waals surface area contributed by atoms with Crippen molar-refractivity contribution in [2.75, 3.05) is 13.1 Å². The molecule has 0 aromatic heterocycles. The predicted octanol–water partition coefficient (Wildman–Crippen LogP) is 4.72. The molecule has 2 N–H and O–H groups in total. The number of rotatable bonds is 8. The highest BCUT2D eigenvalue weighted by Crippen LogP contribution is 2.46. The maximum atomic E-state index is 13.5. The van der Waals surface area contributed by atoms with E-state index < -0.39 is 0 Å². The van der Waals surface area contributed by atoms with Gasteiger partial charge in [-0.15, -0.1) is 0 Å². The van der Waals surface area contributed by atoms with Crippen LogP contribution in [0.5, 0.6) is 11.5 Å². The molecule has 32 heavy (non-hydrogen) atoms. The second-order valence-corrected chi connectivity index (χ2v) is 9.22. The van der Waals surface area contributed by atoms with Gasteiger partial charge in [0.1, 0.15) is 23.7 Å². The lowest BCUT2D eigenvalue weighted by molar-refractivity contribution is 0.103. The Kier molecular flexibility index (Phi) is 6.20. The summed E-state index contributed by atoms with van der Waals surface area (Å²) >= 11 is 0. The first-order chi connectivity index (χ1) is 15.7. The van der Waals surface area contributed by atoms with E-state index in [2.05, 4.69) is 24.5 Å². The SMILES string of the molecule is CCC(Oc1cccc2c1C(=O)c1cccc(OC(CC)C3CCCN3)c1-2)C1CCCN1. The van der Waals surface area contributed by atoms with Crippen molar-refractivity contribution in [2.45, 2.75) is 76.7 Å². The first kappa shape index (κ1) is 21.5. The lowest BCUT2D eigenvalue weighted by Crippen LogP contribution is -2.38. The number of carbonyl (C=O) groups excluding carboxylic acids is 1. The molecule has 3 aliphatic rings. The predicted molar refractivity (Wildman–Crippen MR) is 127 cm³/mol. The molecule has 2 aromatic carbocycles. The van der Waals surface area contributed by atoms with E-state index in [1.54, 1.807) is 0 Å². The lowest BCUT2D eigenvalue weighted by atomic mass is 10.0. The second kappa shape index (κ2) is 9.24. The molecule has 5 heteroatoms. The first-order valence-corrected chi connectivity index (χ1v) is 12.3. The van der Waals surface area contributed by atoms with Crippen LogP contribution >= 0.6 is 0 Å². The summed E-state index contributed by atoms with van der Waals surface area (Å²) in [5, 5.41) is 7.12. The van der Waals surface area contributed by atoms with Crippen LogP contribution in [0.25, 0.3) is 11.1 Å². The molecule has 2 saturated heterocycles. The molecule has 4 atom stereocenters. The van der Waals surface area contributed by atoms with Crippen LogP contribution in [0.4, 0.5) is 0 Å². The highest BCUT2D eigenvalue weighted by molar-refractivity contribution is 6.24. The Hall–Kier alpha value is -2.37. The highest BCUT2D eigenvalue weighted by Gasteiger charge is 2.35. The van der Waals surface area contributed by atoms with Crippen LogP contribution in [0, 0.1) is 0 Å². The van der Waals surface area contributed by atoms with Crippen LogP contribution in [0.15, 0.2) is 36.4 Å². The molecule has 0 saturated carbocycles. The van der Waals surface area contributed by atoms with Gasteiger partial charge in [0.2, 0.25) is 0 Å². The van der Waals surface area contributed by atoms with E-state index in [4.69, 9.17) is 9.47 Å². The highest BCUT2D eigenvalue weighted by atomic mass is 16.5. The summed E-state index contributed by atoms with van der Waals surface area (Å²) in [7, 11) is 0. The maximum Gasteiger partial charge on any atom is 0.198 e. The summed E-state index contributed by atoms with van der Waals surface area (Å²) < 4.78 is 13.0. The fourth-order valence-corrected chi connectivity index (χ4v) is 5.59. The van der Waals surface area contributed by atoms with E-state index in [1.807, 2.05) is 36.4 Å². The molecule has 0 bridgehead atoms. The van der Waals surface area contributed by atoms with Crippen molar-refractivity contribution in [3.05, 3.63) is 47.5 Å². The molecule has 1 aliphatic carbocycles. The monoisotopic (exact) mass is 434 g/mol. The summed E-state index contributed by atoms with van der Waals surface area (Å²) in [5.74, 6) is 1.54. The Morgan fingerprint density at radius 3 is 1.84 bits per heavy atom. The minimum Gasteiger partial charge on any atom is -0.488 e. The van der Waals surface area contributed by atoms with Gasteiger partial charge in [0, 0.05) is 28.8 Å². The van der Waals surface area contributed by atoms with Gasteiger partial charge < -0.3 is 20.1 Å². The van der Waals surface area contributed by atoms with E-state index in [0.717, 1.165) is 61.2 Å². The van der Waals surface area contributed by atoms with Crippen molar-refractivity contribution in [3.63, 3.8) is 0 Å². The molecule has 5 rings (SSSR count). The van der Waals surface area contributed by atoms with E-state index in [1.165, 1.54) is 12.8 Å². The number of carbonyl (C=O) groups is 1. The van der Waals surface area contributed by atoms with E-state index in [9.17, 15) is 4.79 Å². The van der Waals surface area contributed by atoms with Gasteiger partial charge in [-0.05, 0) is 63.7 Å². The third kappa shape index (κ3) is 3.82. The fourth-order valence-electron chi connectivity index (χ4n) is 5.59. The standard InChI is InChI=1S/C27H34N2O3/c1-3-21(19-11-7-15-28-19)31-23-13-6-10-18-25(23)17-9-5-14-24(26(17)27(18)30)32-22(4-2)20-12-8-16-29-20/h5-6,9-10,13-14,19-22,28-29H,3-4,7-8,11-12,15-16H2,1-2H3. The smallest absolute Gasteiger partial charge is 0.198 e. The van der Waals surface area contributed by atoms with Crippen molar-refractivity contribution >= 4 is 5.78 Å². The summed E-state index contributed by atoms with van der Waals surface area (Å²) in [6.07, 6.45) is 6.61. The van der Waals surface area contributed by atoms with E-state index >= 15 is 0 Å². The number of hydrogen-bond donors (Lipinski definition) is 2. The number of hydrogen-bond acceptors (Lipinski definition) is 5. The largest absolute Gasteiger partial charge is 0.488 e. The molecule has 0 spiro atoms. The van der Waals surface area contributed by atoms with Crippen LogP contribution in [0.2, 0.25) is 0 Å². The zero-order valence-corrected chi connectivity index (χ0v) is 19.2. The van der Waals surface area contributed by atoms with Crippen molar-refractivity contribution < 1.29 is 14.3 Å². The Morgan fingerprint density at radius 1 is 0.812 bits per heavy atom. The van der Waals surface area contributed by atoms with E-state index in [-0.39, 0.29) is 18.0 Å². The molecule has 2 aliphatic heterocycles. The van der Waals surface area contributed by atoms with Gasteiger partial charge in [-0.2, -0.15) is 0 Å². The molecule has 2 fully saturated rings. The maximum absolute atomic E-state index is 13.5. The Bertz CT molecular complexity index is 977. The van der Waals surface area contributed by atoms with Gasteiger partial charge in [-0.3, -0.25) is 4.79 Å². The zero-order chi connectivity index (χ0) is 22.1. The minimum absolute atomic E-state index is 0.0392. The van der Waals surface area contributed by atoms with Crippen LogP contribution in [0.3, 0.4) is 0 Å². The lowest BCUT2D eigenvalue weighted by Gasteiger charge is -2.25. The molecular formula is C27H34N2O3. The second-order valence-electron chi connectivity index (χ2n) is 9.22. The Labute approximate surface area is 190 Å². The van der Waals surface area contributed by atoms with Gasteiger partial charge >= 0.3 is 0 Å². The van der Waals surface area contributed by atoms with Crippen LogP contribution in [-0.2, 0) is 0 Å². The van der Waals surface area contributed by atoms with Gasteiger partial charge in [0.05, 0.1) is 5.56 Å².